The second-order valence-corrected chi connectivity index (χ2v) is 4.16. The summed E-state index contributed by atoms with van der Waals surface area (Å²) in [5.74, 6) is -1.41. The molecule has 0 radical (unpaired) electrons. The minimum absolute atomic E-state index is 0.272. The van der Waals surface area contributed by atoms with Crippen molar-refractivity contribution in [2.45, 2.75) is 20.2 Å². The number of aromatic nitrogens is 4. The summed E-state index contributed by atoms with van der Waals surface area (Å²) in [6, 6.07) is 0. The van der Waals surface area contributed by atoms with Crippen molar-refractivity contribution in [3.8, 4) is 0 Å². The first-order valence-electron chi connectivity index (χ1n) is 6.24. The normalized spacial score (nSPS) is 10.5. The maximum absolute atomic E-state index is 12.0. The SMILES string of the molecule is CCOCn1cc(NC(=O)c2cnn(CC(=O)O)c2)cn1. The van der Waals surface area contributed by atoms with Crippen molar-refractivity contribution in [2.75, 3.05) is 11.9 Å². The fourth-order valence-corrected chi connectivity index (χ4v) is 1.59. The molecule has 0 spiro atoms. The molecule has 0 unspecified atom stereocenters. The van der Waals surface area contributed by atoms with Crippen LogP contribution in [0.3, 0.4) is 0 Å². The topological polar surface area (TPSA) is 111 Å². The van der Waals surface area contributed by atoms with Crippen LogP contribution in [0.2, 0.25) is 0 Å². The zero-order valence-corrected chi connectivity index (χ0v) is 11.4. The fraction of sp³-hybridized carbons (Fsp3) is 0.333. The minimum Gasteiger partial charge on any atom is -0.480 e. The zero-order chi connectivity index (χ0) is 15.2. The predicted molar refractivity (Wildman–Crippen MR) is 71.7 cm³/mol. The van der Waals surface area contributed by atoms with Gasteiger partial charge in [-0.3, -0.25) is 14.3 Å². The van der Waals surface area contributed by atoms with Crippen LogP contribution in [0.5, 0.6) is 0 Å². The highest BCUT2D eigenvalue weighted by molar-refractivity contribution is 6.03. The Morgan fingerprint density at radius 2 is 2.05 bits per heavy atom. The van der Waals surface area contributed by atoms with Gasteiger partial charge in [0.25, 0.3) is 5.91 Å². The Labute approximate surface area is 120 Å². The summed E-state index contributed by atoms with van der Waals surface area (Å²) in [4.78, 5) is 22.5. The molecule has 0 saturated heterocycles. The van der Waals surface area contributed by atoms with Crippen LogP contribution in [0, 0.1) is 0 Å². The fourth-order valence-electron chi connectivity index (χ4n) is 1.59. The van der Waals surface area contributed by atoms with E-state index in [2.05, 4.69) is 15.5 Å². The van der Waals surface area contributed by atoms with E-state index in [1.807, 2.05) is 6.92 Å². The summed E-state index contributed by atoms with van der Waals surface area (Å²) < 4.78 is 7.91. The van der Waals surface area contributed by atoms with Crippen molar-refractivity contribution in [1.29, 1.82) is 0 Å². The molecule has 0 aromatic carbocycles. The van der Waals surface area contributed by atoms with Gasteiger partial charge >= 0.3 is 5.97 Å². The molecule has 0 atom stereocenters. The summed E-state index contributed by atoms with van der Waals surface area (Å²) in [6.07, 6.45) is 5.81. The van der Waals surface area contributed by atoms with Crippen LogP contribution in [0.15, 0.2) is 24.8 Å². The summed E-state index contributed by atoms with van der Waals surface area (Å²) in [7, 11) is 0. The average molecular weight is 293 g/mol. The Bertz CT molecular complexity index is 633. The van der Waals surface area contributed by atoms with E-state index in [1.165, 1.54) is 23.3 Å². The number of carboxylic acids is 1. The van der Waals surface area contributed by atoms with Crippen LogP contribution in [-0.2, 0) is 22.8 Å². The third-order valence-corrected chi connectivity index (χ3v) is 2.51. The molecule has 2 heterocycles. The number of amides is 1. The smallest absolute Gasteiger partial charge is 0.325 e. The largest absolute Gasteiger partial charge is 0.480 e. The van der Waals surface area contributed by atoms with E-state index in [4.69, 9.17) is 9.84 Å². The quantitative estimate of drug-likeness (QED) is 0.765. The number of ether oxygens (including phenoxy) is 1. The van der Waals surface area contributed by atoms with Gasteiger partial charge in [-0.25, -0.2) is 4.68 Å². The molecule has 0 aliphatic rings. The summed E-state index contributed by atoms with van der Waals surface area (Å²) in [5.41, 5.74) is 0.791. The molecule has 0 saturated carbocycles. The molecule has 0 bridgehead atoms. The second-order valence-electron chi connectivity index (χ2n) is 4.16. The Morgan fingerprint density at radius 1 is 1.29 bits per heavy atom. The van der Waals surface area contributed by atoms with Crippen molar-refractivity contribution < 1.29 is 19.4 Å². The van der Waals surface area contributed by atoms with E-state index >= 15 is 0 Å². The van der Waals surface area contributed by atoms with Crippen LogP contribution in [-0.4, -0.2) is 43.2 Å². The monoisotopic (exact) mass is 293 g/mol. The van der Waals surface area contributed by atoms with Gasteiger partial charge in [-0.05, 0) is 6.92 Å². The van der Waals surface area contributed by atoms with Crippen LogP contribution in [0.4, 0.5) is 5.69 Å². The van der Waals surface area contributed by atoms with Crippen molar-refractivity contribution >= 4 is 17.6 Å². The Morgan fingerprint density at radius 3 is 2.76 bits per heavy atom. The molecule has 9 heteroatoms. The average Bonchev–Trinajstić information content (AvgIpc) is 3.05. The number of hydrogen-bond donors (Lipinski definition) is 2. The van der Waals surface area contributed by atoms with Gasteiger partial charge in [0, 0.05) is 12.8 Å². The van der Waals surface area contributed by atoms with E-state index in [-0.39, 0.29) is 18.0 Å². The summed E-state index contributed by atoms with van der Waals surface area (Å²) >= 11 is 0. The van der Waals surface area contributed by atoms with Crippen LogP contribution in [0.25, 0.3) is 0 Å². The molecule has 21 heavy (non-hydrogen) atoms. The van der Waals surface area contributed by atoms with Crippen molar-refractivity contribution in [3.05, 3.63) is 30.4 Å². The van der Waals surface area contributed by atoms with Crippen molar-refractivity contribution in [2.24, 2.45) is 0 Å². The van der Waals surface area contributed by atoms with Gasteiger partial charge in [0.1, 0.15) is 13.3 Å². The molecule has 2 aromatic rings. The number of anilines is 1. The number of nitrogens with one attached hydrogen (secondary N) is 1. The maximum Gasteiger partial charge on any atom is 0.325 e. The Kier molecular flexibility index (Phi) is 4.67. The second kappa shape index (κ2) is 6.66. The highest BCUT2D eigenvalue weighted by atomic mass is 16.5. The lowest BCUT2D eigenvalue weighted by Crippen LogP contribution is -2.11. The molecule has 9 nitrogen and oxygen atoms in total. The zero-order valence-electron chi connectivity index (χ0n) is 11.4. The lowest BCUT2D eigenvalue weighted by atomic mass is 10.3. The maximum atomic E-state index is 12.0. The first-order chi connectivity index (χ1) is 10.1. The first-order valence-corrected chi connectivity index (χ1v) is 6.24. The van der Waals surface area contributed by atoms with Gasteiger partial charge in [-0.15, -0.1) is 0 Å². The highest BCUT2D eigenvalue weighted by Crippen LogP contribution is 2.08. The standard InChI is InChI=1S/C12H15N5O4/c1-2-21-8-17-6-10(4-14-17)15-12(20)9-3-13-16(5-9)7-11(18)19/h3-6H,2,7-8H2,1H3,(H,15,20)(H,18,19). The third kappa shape index (κ3) is 4.14. The number of carbonyl (C=O) groups is 2. The molecule has 0 aliphatic carbocycles. The molecule has 2 N–H and O–H groups in total. The molecule has 112 valence electrons. The van der Waals surface area contributed by atoms with E-state index in [0.29, 0.717) is 19.0 Å². The number of rotatable bonds is 7. The highest BCUT2D eigenvalue weighted by Gasteiger charge is 2.11. The number of carbonyl (C=O) groups excluding carboxylic acids is 1. The van der Waals surface area contributed by atoms with Crippen LogP contribution in [0.1, 0.15) is 17.3 Å². The lowest BCUT2D eigenvalue weighted by molar-refractivity contribution is -0.137. The first kappa shape index (κ1) is 14.7. The Balaban J connectivity index is 1.95. The van der Waals surface area contributed by atoms with Gasteiger partial charge in [-0.2, -0.15) is 10.2 Å². The molecule has 0 fully saturated rings. The number of aliphatic carboxylic acids is 1. The molecule has 0 aliphatic heterocycles. The third-order valence-electron chi connectivity index (χ3n) is 2.51. The minimum atomic E-state index is -1.03. The van der Waals surface area contributed by atoms with E-state index < -0.39 is 5.97 Å². The molecular formula is C12H15N5O4. The molecule has 2 aromatic heterocycles. The van der Waals surface area contributed by atoms with Crippen LogP contribution >= 0.6 is 0 Å². The van der Waals surface area contributed by atoms with Gasteiger partial charge < -0.3 is 15.2 Å². The van der Waals surface area contributed by atoms with E-state index in [1.54, 1.807) is 10.9 Å². The Hall–Kier alpha value is -2.68. The lowest BCUT2D eigenvalue weighted by Gasteiger charge is -2.00. The number of carboxylic acid groups (broad SMARTS) is 1. The molecular weight excluding hydrogens is 278 g/mol. The predicted octanol–water partition coefficient (Wildman–Crippen LogP) is 0.410. The number of nitrogens with zero attached hydrogens (tertiary/aromatic N) is 4. The van der Waals surface area contributed by atoms with Crippen molar-refractivity contribution in [3.63, 3.8) is 0 Å². The van der Waals surface area contributed by atoms with Gasteiger partial charge in [-0.1, -0.05) is 0 Å². The summed E-state index contributed by atoms with van der Waals surface area (Å²) in [5, 5.41) is 19.1. The molecule has 1 amide bonds. The van der Waals surface area contributed by atoms with Gasteiger partial charge in [0.2, 0.25) is 0 Å². The van der Waals surface area contributed by atoms with Crippen LogP contribution < -0.4 is 5.32 Å². The summed E-state index contributed by atoms with van der Waals surface area (Å²) in [6.45, 7) is 2.47. The van der Waals surface area contributed by atoms with Crippen molar-refractivity contribution in [1.82, 2.24) is 19.6 Å². The van der Waals surface area contributed by atoms with E-state index in [9.17, 15) is 9.59 Å². The van der Waals surface area contributed by atoms with Gasteiger partial charge in [0.15, 0.2) is 0 Å². The number of hydrogen-bond acceptors (Lipinski definition) is 5. The van der Waals surface area contributed by atoms with Gasteiger partial charge in [0.05, 0.1) is 29.8 Å². The van der Waals surface area contributed by atoms with E-state index in [0.717, 1.165) is 0 Å². The molecule has 2 rings (SSSR count).